The Bertz CT molecular complexity index is 494. The summed E-state index contributed by atoms with van der Waals surface area (Å²) in [5.74, 6) is 0.148. The summed E-state index contributed by atoms with van der Waals surface area (Å²) in [6.45, 7) is 4.50. The molecule has 108 valence electrons. The average molecular weight is 275 g/mol. The van der Waals surface area contributed by atoms with Crippen LogP contribution in [0.4, 0.5) is 5.69 Å². The van der Waals surface area contributed by atoms with Crippen LogP contribution in [0.25, 0.3) is 0 Å². The molecule has 5 nitrogen and oxygen atoms in total. The van der Waals surface area contributed by atoms with Crippen molar-refractivity contribution >= 4 is 18.0 Å². The number of nitrogens with zero attached hydrogens (tertiary/aromatic N) is 2. The van der Waals surface area contributed by atoms with Gasteiger partial charge in [0.25, 0.3) is 0 Å². The van der Waals surface area contributed by atoms with E-state index >= 15 is 0 Å². The van der Waals surface area contributed by atoms with Gasteiger partial charge in [-0.1, -0.05) is 12.1 Å². The van der Waals surface area contributed by atoms with Crippen LogP contribution in [0.1, 0.15) is 17.5 Å². The highest BCUT2D eigenvalue weighted by Crippen LogP contribution is 2.15. The van der Waals surface area contributed by atoms with Crippen LogP contribution in [0.3, 0.4) is 0 Å². The Labute approximate surface area is 119 Å². The largest absolute Gasteiger partial charge is 0.399 e. The van der Waals surface area contributed by atoms with Gasteiger partial charge < -0.3 is 15.5 Å². The molecule has 1 aliphatic rings. The lowest BCUT2D eigenvalue weighted by Gasteiger charge is -2.32. The lowest BCUT2D eigenvalue weighted by molar-refractivity contribution is -0.135. The molecule has 0 aliphatic carbocycles. The number of hydrogen-bond acceptors (Lipinski definition) is 3. The third kappa shape index (κ3) is 3.50. The predicted octanol–water partition coefficient (Wildman–Crippen LogP) is 0.810. The van der Waals surface area contributed by atoms with E-state index in [1.54, 1.807) is 4.90 Å². The molecule has 0 radical (unpaired) electrons. The Kier molecular flexibility index (Phi) is 4.61. The molecule has 0 bridgehead atoms. The Morgan fingerprint density at radius 3 is 2.60 bits per heavy atom. The fourth-order valence-electron chi connectivity index (χ4n) is 2.33. The zero-order valence-corrected chi connectivity index (χ0v) is 11.8. The number of benzene rings is 1. The van der Waals surface area contributed by atoms with Gasteiger partial charge in [-0.3, -0.25) is 9.59 Å². The van der Waals surface area contributed by atoms with Crippen LogP contribution >= 0.6 is 0 Å². The molecule has 1 aromatic rings. The van der Waals surface area contributed by atoms with E-state index < -0.39 is 0 Å². The van der Waals surface area contributed by atoms with Gasteiger partial charge in [-0.05, 0) is 30.5 Å². The predicted molar refractivity (Wildman–Crippen MR) is 78.1 cm³/mol. The first-order valence-corrected chi connectivity index (χ1v) is 6.92. The van der Waals surface area contributed by atoms with E-state index in [1.165, 1.54) is 0 Å². The number of hydrogen-bond donors (Lipinski definition) is 1. The SMILES string of the molecule is Cc1ccc(CCC(=O)N2CCN(C=O)CC2)cc1N. The zero-order chi connectivity index (χ0) is 14.5. The van der Waals surface area contributed by atoms with Crippen LogP contribution < -0.4 is 5.73 Å². The van der Waals surface area contributed by atoms with Crippen molar-refractivity contribution in [1.29, 1.82) is 0 Å². The molecule has 20 heavy (non-hydrogen) atoms. The molecule has 2 amide bonds. The first-order valence-electron chi connectivity index (χ1n) is 6.92. The molecule has 1 aromatic carbocycles. The Morgan fingerprint density at radius 2 is 2.00 bits per heavy atom. The van der Waals surface area contributed by atoms with Crippen molar-refractivity contribution in [2.24, 2.45) is 0 Å². The second-order valence-corrected chi connectivity index (χ2v) is 5.21. The molecular weight excluding hydrogens is 254 g/mol. The average Bonchev–Trinajstić information content (AvgIpc) is 2.48. The van der Waals surface area contributed by atoms with Gasteiger partial charge in [-0.15, -0.1) is 0 Å². The number of nitrogens with two attached hydrogens (primary N) is 1. The molecule has 0 saturated carbocycles. The summed E-state index contributed by atoms with van der Waals surface area (Å²) in [5.41, 5.74) is 8.79. The fraction of sp³-hybridized carbons (Fsp3) is 0.467. The normalized spacial score (nSPS) is 15.2. The maximum Gasteiger partial charge on any atom is 0.223 e. The second-order valence-electron chi connectivity index (χ2n) is 5.21. The number of carbonyl (C=O) groups is 2. The van der Waals surface area contributed by atoms with Gasteiger partial charge in [-0.2, -0.15) is 0 Å². The molecule has 0 spiro atoms. The molecule has 1 fully saturated rings. The standard InChI is InChI=1S/C15H21N3O2/c1-12-2-3-13(10-14(12)16)4-5-15(20)18-8-6-17(11-19)7-9-18/h2-3,10-11H,4-9,16H2,1H3. The van der Waals surface area contributed by atoms with Crippen LogP contribution in [0.5, 0.6) is 0 Å². The van der Waals surface area contributed by atoms with E-state index in [2.05, 4.69) is 0 Å². The third-order valence-corrected chi connectivity index (χ3v) is 3.79. The van der Waals surface area contributed by atoms with Gasteiger partial charge in [-0.25, -0.2) is 0 Å². The summed E-state index contributed by atoms with van der Waals surface area (Å²) >= 11 is 0. The number of carbonyl (C=O) groups excluding carboxylic acids is 2. The molecule has 2 rings (SSSR count). The molecule has 0 unspecified atom stereocenters. The van der Waals surface area contributed by atoms with Gasteiger partial charge in [0.05, 0.1) is 0 Å². The van der Waals surface area contributed by atoms with Crippen molar-refractivity contribution < 1.29 is 9.59 Å². The Hall–Kier alpha value is -2.04. The first-order chi connectivity index (χ1) is 9.60. The minimum absolute atomic E-state index is 0.148. The minimum Gasteiger partial charge on any atom is -0.399 e. The van der Waals surface area contributed by atoms with Crippen molar-refractivity contribution in [3.63, 3.8) is 0 Å². The summed E-state index contributed by atoms with van der Waals surface area (Å²) < 4.78 is 0. The van der Waals surface area contributed by atoms with E-state index in [9.17, 15) is 9.59 Å². The molecule has 1 saturated heterocycles. The zero-order valence-electron chi connectivity index (χ0n) is 11.8. The van der Waals surface area contributed by atoms with Crippen LogP contribution in [0, 0.1) is 6.92 Å². The topological polar surface area (TPSA) is 66.6 Å². The lowest BCUT2D eigenvalue weighted by atomic mass is 10.1. The van der Waals surface area contributed by atoms with Crippen molar-refractivity contribution in [3.8, 4) is 0 Å². The van der Waals surface area contributed by atoms with Crippen molar-refractivity contribution in [2.45, 2.75) is 19.8 Å². The van der Waals surface area contributed by atoms with Gasteiger partial charge >= 0.3 is 0 Å². The quantitative estimate of drug-likeness (QED) is 0.653. The van der Waals surface area contributed by atoms with Crippen LogP contribution in [-0.4, -0.2) is 48.3 Å². The second kappa shape index (κ2) is 6.41. The summed E-state index contributed by atoms with van der Waals surface area (Å²) in [4.78, 5) is 26.3. The summed E-state index contributed by atoms with van der Waals surface area (Å²) in [6, 6.07) is 5.94. The van der Waals surface area contributed by atoms with Crippen LogP contribution in [0.15, 0.2) is 18.2 Å². The molecule has 0 aromatic heterocycles. The molecular formula is C15H21N3O2. The number of aryl methyl sites for hydroxylation is 2. The van der Waals surface area contributed by atoms with Gasteiger partial charge in [0.2, 0.25) is 12.3 Å². The van der Waals surface area contributed by atoms with Gasteiger partial charge in [0.1, 0.15) is 0 Å². The minimum atomic E-state index is 0.148. The van der Waals surface area contributed by atoms with Crippen molar-refractivity contribution in [3.05, 3.63) is 29.3 Å². The van der Waals surface area contributed by atoms with E-state index in [-0.39, 0.29) is 5.91 Å². The fourth-order valence-corrected chi connectivity index (χ4v) is 2.33. The maximum absolute atomic E-state index is 12.1. The molecule has 1 heterocycles. The molecule has 5 heteroatoms. The van der Waals surface area contributed by atoms with Crippen LogP contribution in [0.2, 0.25) is 0 Å². The monoisotopic (exact) mass is 275 g/mol. The van der Waals surface area contributed by atoms with Crippen molar-refractivity contribution in [2.75, 3.05) is 31.9 Å². The summed E-state index contributed by atoms with van der Waals surface area (Å²) in [6.07, 6.45) is 2.04. The van der Waals surface area contributed by atoms with Gasteiger partial charge in [0, 0.05) is 38.3 Å². The van der Waals surface area contributed by atoms with Crippen molar-refractivity contribution in [1.82, 2.24) is 9.80 Å². The smallest absolute Gasteiger partial charge is 0.223 e. The van der Waals surface area contributed by atoms with E-state index in [1.807, 2.05) is 30.0 Å². The molecule has 0 atom stereocenters. The number of nitrogen functional groups attached to an aromatic ring is 1. The number of amides is 2. The van der Waals surface area contributed by atoms with E-state index in [0.29, 0.717) is 39.0 Å². The maximum atomic E-state index is 12.1. The highest BCUT2D eigenvalue weighted by atomic mass is 16.2. The molecule has 1 aliphatic heterocycles. The highest BCUT2D eigenvalue weighted by Gasteiger charge is 2.19. The number of anilines is 1. The highest BCUT2D eigenvalue weighted by molar-refractivity contribution is 5.76. The van der Waals surface area contributed by atoms with Gasteiger partial charge in [0.15, 0.2) is 0 Å². The van der Waals surface area contributed by atoms with E-state index in [0.717, 1.165) is 23.2 Å². The summed E-state index contributed by atoms with van der Waals surface area (Å²) in [5, 5.41) is 0. The Balaban J connectivity index is 1.83. The number of piperazine rings is 1. The summed E-state index contributed by atoms with van der Waals surface area (Å²) in [7, 11) is 0. The lowest BCUT2D eigenvalue weighted by Crippen LogP contribution is -2.48. The third-order valence-electron chi connectivity index (χ3n) is 3.79. The van der Waals surface area contributed by atoms with E-state index in [4.69, 9.17) is 5.73 Å². The Morgan fingerprint density at radius 1 is 1.30 bits per heavy atom. The van der Waals surface area contributed by atoms with Crippen LogP contribution in [-0.2, 0) is 16.0 Å². The molecule has 2 N–H and O–H groups in total. The first kappa shape index (κ1) is 14.4. The number of rotatable bonds is 4.